The van der Waals surface area contributed by atoms with Crippen molar-refractivity contribution in [2.45, 2.75) is 59.4 Å². The Morgan fingerprint density at radius 2 is 1.64 bits per heavy atom. The number of benzene rings is 4. The monoisotopic (exact) mass is 762 g/mol. The zero-order valence-electron chi connectivity index (χ0n) is 31.8. The third kappa shape index (κ3) is 7.90. The first-order chi connectivity index (χ1) is 27.1. The van der Waals surface area contributed by atoms with Crippen LogP contribution in [-0.2, 0) is 30.9 Å². The van der Waals surface area contributed by atoms with Crippen LogP contribution in [-0.4, -0.2) is 43.8 Å². The lowest BCUT2D eigenvalue weighted by atomic mass is 9.94. The van der Waals surface area contributed by atoms with Gasteiger partial charge in [-0.15, -0.1) is 0 Å². The highest BCUT2D eigenvalue weighted by Gasteiger charge is 2.28. The topological polar surface area (TPSA) is 111 Å². The first-order valence-electron chi connectivity index (χ1n) is 18.6. The zero-order chi connectivity index (χ0) is 38.8. The lowest BCUT2D eigenvalue weighted by Gasteiger charge is -2.31. The van der Waals surface area contributed by atoms with Crippen LogP contribution in [0.2, 0.25) is 0 Å². The van der Waals surface area contributed by atoms with Crippen LogP contribution < -0.4 is 15.0 Å². The molecule has 0 saturated heterocycles. The van der Waals surface area contributed by atoms with E-state index in [0.717, 1.165) is 49.5 Å². The second kappa shape index (κ2) is 15.4. The van der Waals surface area contributed by atoms with Gasteiger partial charge in [0.05, 0.1) is 23.0 Å². The molecule has 0 saturated carbocycles. The fraction of sp³-hybridized carbons (Fsp3) is 0.222. The van der Waals surface area contributed by atoms with Gasteiger partial charge in [0.2, 0.25) is 0 Å². The molecule has 1 aliphatic rings. The molecule has 0 spiro atoms. The number of nitrogens with zero attached hydrogens (tertiary/aromatic N) is 5. The van der Waals surface area contributed by atoms with E-state index >= 15 is 0 Å². The van der Waals surface area contributed by atoms with Crippen LogP contribution in [0.4, 0.5) is 10.9 Å². The lowest BCUT2D eigenvalue weighted by molar-refractivity contribution is 0.00638. The molecule has 56 heavy (non-hydrogen) atoms. The molecule has 0 unspecified atom stereocenters. The van der Waals surface area contributed by atoms with Crippen molar-refractivity contribution in [1.29, 1.82) is 0 Å². The maximum Gasteiger partial charge on any atom is 0.358 e. The molecule has 1 amide bonds. The highest BCUT2D eigenvalue weighted by atomic mass is 32.1. The predicted molar refractivity (Wildman–Crippen MR) is 220 cm³/mol. The van der Waals surface area contributed by atoms with Crippen LogP contribution in [0.15, 0.2) is 115 Å². The summed E-state index contributed by atoms with van der Waals surface area (Å²) in [5, 5.41) is 8.33. The molecular formula is C45H42N6O4S. The summed E-state index contributed by atoms with van der Waals surface area (Å²) in [6, 6.07) is 35.6. The Bertz CT molecular complexity index is 2520. The Balaban J connectivity index is 1.07. The molecule has 11 heteroatoms. The van der Waals surface area contributed by atoms with Gasteiger partial charge in [-0.25, -0.2) is 14.8 Å². The summed E-state index contributed by atoms with van der Waals surface area (Å²) in [5.41, 5.74) is 7.31. The molecule has 0 fully saturated rings. The molecule has 0 aliphatic carbocycles. The number of amides is 1. The summed E-state index contributed by atoms with van der Waals surface area (Å²) in [6.07, 6.45) is 2.49. The number of aromatic nitrogens is 4. The van der Waals surface area contributed by atoms with E-state index in [9.17, 15) is 9.59 Å². The van der Waals surface area contributed by atoms with Crippen molar-refractivity contribution in [3.63, 3.8) is 0 Å². The molecule has 0 atom stereocenters. The van der Waals surface area contributed by atoms with Gasteiger partial charge >= 0.3 is 5.97 Å². The number of esters is 1. The van der Waals surface area contributed by atoms with E-state index in [2.05, 4.69) is 21.3 Å². The molecule has 4 aromatic carbocycles. The molecule has 1 aliphatic heterocycles. The Morgan fingerprint density at radius 3 is 2.46 bits per heavy atom. The van der Waals surface area contributed by atoms with E-state index in [1.807, 2.05) is 136 Å². The van der Waals surface area contributed by atoms with Crippen LogP contribution >= 0.6 is 11.3 Å². The van der Waals surface area contributed by atoms with E-state index in [0.29, 0.717) is 54.7 Å². The van der Waals surface area contributed by atoms with Gasteiger partial charge < -0.3 is 14.4 Å². The minimum absolute atomic E-state index is 0.208. The van der Waals surface area contributed by atoms with Gasteiger partial charge in [-0.3, -0.25) is 14.8 Å². The fourth-order valence-corrected chi connectivity index (χ4v) is 7.81. The van der Waals surface area contributed by atoms with E-state index in [-0.39, 0.29) is 11.6 Å². The number of nitrogens with one attached hydrogen (secondary N) is 1. The maximum atomic E-state index is 13.9. The summed E-state index contributed by atoms with van der Waals surface area (Å²) in [4.78, 5) is 39.3. The summed E-state index contributed by atoms with van der Waals surface area (Å²) >= 11 is 1.45. The first-order valence-corrected chi connectivity index (χ1v) is 19.5. The van der Waals surface area contributed by atoms with Crippen LogP contribution in [0.3, 0.4) is 0 Å². The molecule has 8 rings (SSSR count). The normalized spacial score (nSPS) is 12.7. The smallest absolute Gasteiger partial charge is 0.358 e. The van der Waals surface area contributed by atoms with Gasteiger partial charge in [-0.1, -0.05) is 84.1 Å². The zero-order valence-corrected chi connectivity index (χ0v) is 32.6. The van der Waals surface area contributed by atoms with Gasteiger partial charge in [0.25, 0.3) is 5.91 Å². The molecule has 282 valence electrons. The summed E-state index contributed by atoms with van der Waals surface area (Å²) in [6.45, 7) is 9.57. The second-order valence-corrected chi connectivity index (χ2v) is 15.8. The molecule has 4 heterocycles. The molecule has 0 radical (unpaired) electrons. The van der Waals surface area contributed by atoms with E-state index in [1.54, 1.807) is 6.20 Å². The van der Waals surface area contributed by atoms with Gasteiger partial charge in [-0.05, 0) is 87.2 Å². The van der Waals surface area contributed by atoms with Gasteiger partial charge in [0, 0.05) is 41.0 Å². The van der Waals surface area contributed by atoms with Crippen molar-refractivity contribution in [1.82, 2.24) is 19.7 Å². The molecular weight excluding hydrogens is 721 g/mol. The number of pyridine rings is 1. The number of fused-ring (bicyclic) bond motifs is 2. The lowest BCUT2D eigenvalue weighted by Crippen LogP contribution is -2.33. The first kappa shape index (κ1) is 36.6. The van der Waals surface area contributed by atoms with E-state index < -0.39 is 11.6 Å². The van der Waals surface area contributed by atoms with Crippen LogP contribution in [0, 0.1) is 6.92 Å². The summed E-state index contributed by atoms with van der Waals surface area (Å²) in [7, 11) is 0. The third-order valence-electron chi connectivity index (χ3n) is 9.75. The minimum atomic E-state index is -0.732. The van der Waals surface area contributed by atoms with Crippen molar-refractivity contribution < 1.29 is 19.1 Å². The number of para-hydroxylation sites is 2. The van der Waals surface area contributed by atoms with Crippen molar-refractivity contribution in [2.75, 3.05) is 16.8 Å². The van der Waals surface area contributed by atoms with Crippen molar-refractivity contribution in [3.8, 4) is 16.9 Å². The molecule has 10 nitrogen and oxygen atoms in total. The van der Waals surface area contributed by atoms with Gasteiger partial charge in [0.15, 0.2) is 10.8 Å². The van der Waals surface area contributed by atoms with E-state index in [4.69, 9.17) is 19.6 Å². The average Bonchev–Trinajstić information content (AvgIpc) is 3.78. The Labute approximate surface area is 329 Å². The number of hydrogen-bond acceptors (Lipinski definition) is 9. The largest absolute Gasteiger partial charge is 0.489 e. The number of ether oxygens (including phenoxy) is 2. The number of carbonyl (C=O) groups is 2. The second-order valence-electron chi connectivity index (χ2n) is 14.8. The number of hydrogen-bond donors (Lipinski definition) is 1. The Kier molecular flexibility index (Phi) is 10.1. The number of rotatable bonds is 10. The van der Waals surface area contributed by atoms with Crippen LogP contribution in [0.5, 0.6) is 5.75 Å². The average molecular weight is 763 g/mol. The molecule has 0 bridgehead atoms. The standard InChI is InChI=1S/C45H42N6O4S/c1-29-35(25-46-51(29)26-32-15-8-10-19-38(32)54-28-30-13-6-5-7-14-30)33-21-22-40(48-41(33)43(53)55-45(2,3)4)50-24-23-31-16-12-17-34(36(31)27-50)42(52)49-44-47-37-18-9-11-20-39(37)56-44/h5-22,25H,23-24,26-28H2,1-4H3,(H,47,49,52). The Morgan fingerprint density at radius 1 is 0.857 bits per heavy atom. The number of thiazole rings is 1. The molecule has 1 N–H and O–H groups in total. The highest BCUT2D eigenvalue weighted by Crippen LogP contribution is 2.33. The van der Waals surface area contributed by atoms with E-state index in [1.165, 1.54) is 11.3 Å². The number of carbonyl (C=O) groups excluding carboxylic acids is 2. The molecule has 3 aromatic heterocycles. The van der Waals surface area contributed by atoms with Crippen LogP contribution in [0.1, 0.15) is 69.6 Å². The highest BCUT2D eigenvalue weighted by molar-refractivity contribution is 7.22. The quantitative estimate of drug-likeness (QED) is 0.137. The third-order valence-corrected chi connectivity index (χ3v) is 10.7. The maximum absolute atomic E-state index is 13.9. The summed E-state index contributed by atoms with van der Waals surface area (Å²) in [5.74, 6) is 0.679. The van der Waals surface area contributed by atoms with Crippen molar-refractivity contribution >= 4 is 44.4 Å². The molecule has 7 aromatic rings. The fourth-order valence-electron chi connectivity index (χ4n) is 6.95. The van der Waals surface area contributed by atoms with Gasteiger partial charge in [-0.2, -0.15) is 5.10 Å². The van der Waals surface area contributed by atoms with Crippen molar-refractivity contribution in [2.24, 2.45) is 0 Å². The van der Waals surface area contributed by atoms with Crippen LogP contribution in [0.25, 0.3) is 21.3 Å². The predicted octanol–water partition coefficient (Wildman–Crippen LogP) is 9.26. The van der Waals surface area contributed by atoms with Crippen molar-refractivity contribution in [3.05, 3.63) is 155 Å². The minimum Gasteiger partial charge on any atom is -0.489 e. The summed E-state index contributed by atoms with van der Waals surface area (Å²) < 4.78 is 15.1. The Hall–Kier alpha value is -6.33. The van der Waals surface area contributed by atoms with Gasteiger partial charge in [0.1, 0.15) is 23.8 Å². The SMILES string of the molecule is Cc1c(-c2ccc(N3CCc4cccc(C(=O)Nc5nc6ccccc6s5)c4C3)nc2C(=O)OC(C)(C)C)cnn1Cc1ccccc1OCc1ccccc1. The number of anilines is 2.